The van der Waals surface area contributed by atoms with Gasteiger partial charge in [-0.2, -0.15) is 0 Å². The zero-order valence-electron chi connectivity index (χ0n) is 12.0. The first kappa shape index (κ1) is 14.7. The highest BCUT2D eigenvalue weighted by atomic mass is 32.1. The maximum atomic E-state index is 12.0. The van der Waals surface area contributed by atoms with E-state index in [1.165, 1.54) is 0 Å². The van der Waals surface area contributed by atoms with Crippen molar-refractivity contribution in [3.05, 3.63) is 46.2 Å². The van der Waals surface area contributed by atoms with Crippen LogP contribution in [0.3, 0.4) is 0 Å². The van der Waals surface area contributed by atoms with Gasteiger partial charge < -0.3 is 5.32 Å². The predicted octanol–water partition coefficient (Wildman–Crippen LogP) is 3.08. The van der Waals surface area contributed by atoms with Gasteiger partial charge in [-0.1, -0.05) is 19.9 Å². The highest BCUT2D eigenvalue weighted by Gasteiger charge is 2.13. The van der Waals surface area contributed by atoms with Crippen molar-refractivity contribution in [3.63, 3.8) is 0 Å². The molecule has 1 N–H and O–H groups in total. The molecule has 5 heteroatoms. The predicted molar refractivity (Wildman–Crippen MR) is 80.7 cm³/mol. The molecule has 1 amide bonds. The maximum absolute atomic E-state index is 12.0. The zero-order valence-corrected chi connectivity index (χ0v) is 12.8. The molecule has 0 saturated carbocycles. The number of nitrogens with zero attached hydrogens (tertiary/aromatic N) is 2. The summed E-state index contributed by atoms with van der Waals surface area (Å²) in [4.78, 5) is 20.7. The Morgan fingerprint density at radius 1 is 1.35 bits per heavy atom. The van der Waals surface area contributed by atoms with Crippen LogP contribution in [0.1, 0.15) is 49.1 Å². The number of hydrogen-bond donors (Lipinski definition) is 1. The number of pyridine rings is 1. The number of hydrogen-bond acceptors (Lipinski definition) is 4. The average Bonchev–Trinajstić information content (AvgIpc) is 2.88. The summed E-state index contributed by atoms with van der Waals surface area (Å²) in [7, 11) is 0. The van der Waals surface area contributed by atoms with E-state index in [-0.39, 0.29) is 11.9 Å². The van der Waals surface area contributed by atoms with Crippen LogP contribution in [0.2, 0.25) is 0 Å². The molecule has 0 aliphatic heterocycles. The molecule has 0 radical (unpaired) electrons. The molecule has 2 aromatic rings. The summed E-state index contributed by atoms with van der Waals surface area (Å²) in [5, 5.41) is 5.98. The van der Waals surface area contributed by atoms with Gasteiger partial charge in [0.2, 0.25) is 5.91 Å². The Balaban J connectivity index is 1.92. The van der Waals surface area contributed by atoms with E-state index in [0.29, 0.717) is 12.3 Å². The Kier molecular flexibility index (Phi) is 4.84. The topological polar surface area (TPSA) is 54.9 Å². The first-order valence-corrected chi connectivity index (χ1v) is 7.59. The first-order valence-electron chi connectivity index (χ1n) is 6.71. The largest absolute Gasteiger partial charge is 0.348 e. The van der Waals surface area contributed by atoms with Crippen LogP contribution in [0.4, 0.5) is 0 Å². The lowest BCUT2D eigenvalue weighted by molar-refractivity contribution is -0.121. The number of carbonyl (C=O) groups is 1. The SMILES string of the molecule is CC(C)c1nc(CC(=O)N[C@@H](C)c2ccccn2)cs1. The highest BCUT2D eigenvalue weighted by Crippen LogP contribution is 2.19. The molecule has 0 unspecified atom stereocenters. The Morgan fingerprint density at radius 3 is 2.75 bits per heavy atom. The molecule has 0 aromatic carbocycles. The van der Waals surface area contributed by atoms with E-state index >= 15 is 0 Å². The Labute approximate surface area is 123 Å². The van der Waals surface area contributed by atoms with Crippen LogP contribution in [-0.2, 0) is 11.2 Å². The first-order chi connectivity index (χ1) is 9.56. The van der Waals surface area contributed by atoms with Gasteiger partial charge in [-0.15, -0.1) is 11.3 Å². The van der Waals surface area contributed by atoms with E-state index in [2.05, 4.69) is 29.1 Å². The fraction of sp³-hybridized carbons (Fsp3) is 0.400. The minimum absolute atomic E-state index is 0.0243. The molecule has 2 aromatic heterocycles. The Bertz CT molecular complexity index is 566. The lowest BCUT2D eigenvalue weighted by Gasteiger charge is -2.12. The molecule has 0 spiro atoms. The lowest BCUT2D eigenvalue weighted by Crippen LogP contribution is -2.28. The van der Waals surface area contributed by atoms with Crippen LogP contribution in [0.5, 0.6) is 0 Å². The Morgan fingerprint density at radius 2 is 2.15 bits per heavy atom. The zero-order chi connectivity index (χ0) is 14.5. The number of thiazole rings is 1. The van der Waals surface area contributed by atoms with Crippen molar-refractivity contribution in [2.75, 3.05) is 0 Å². The van der Waals surface area contributed by atoms with Gasteiger partial charge in [-0.05, 0) is 19.1 Å². The second kappa shape index (κ2) is 6.61. The molecule has 2 rings (SSSR count). The monoisotopic (exact) mass is 289 g/mol. The Hall–Kier alpha value is -1.75. The van der Waals surface area contributed by atoms with Gasteiger partial charge in [-0.3, -0.25) is 9.78 Å². The van der Waals surface area contributed by atoms with Gasteiger partial charge in [0.05, 0.1) is 28.9 Å². The van der Waals surface area contributed by atoms with Gasteiger partial charge in [-0.25, -0.2) is 4.98 Å². The van der Waals surface area contributed by atoms with Crippen molar-refractivity contribution in [3.8, 4) is 0 Å². The van der Waals surface area contributed by atoms with Crippen LogP contribution in [0.25, 0.3) is 0 Å². The summed E-state index contributed by atoms with van der Waals surface area (Å²) < 4.78 is 0. The number of amides is 1. The molecule has 20 heavy (non-hydrogen) atoms. The molecule has 0 aliphatic carbocycles. The smallest absolute Gasteiger partial charge is 0.226 e. The maximum Gasteiger partial charge on any atom is 0.226 e. The third-order valence-corrected chi connectivity index (χ3v) is 4.11. The van der Waals surface area contributed by atoms with Crippen molar-refractivity contribution >= 4 is 17.2 Å². The molecule has 0 fully saturated rings. The average molecular weight is 289 g/mol. The molecule has 4 nitrogen and oxygen atoms in total. The summed E-state index contributed by atoms with van der Waals surface area (Å²) >= 11 is 1.61. The van der Waals surface area contributed by atoms with Crippen molar-refractivity contribution < 1.29 is 4.79 Å². The van der Waals surface area contributed by atoms with E-state index in [0.717, 1.165) is 16.4 Å². The van der Waals surface area contributed by atoms with E-state index < -0.39 is 0 Å². The van der Waals surface area contributed by atoms with E-state index in [1.807, 2.05) is 30.5 Å². The van der Waals surface area contributed by atoms with Crippen LogP contribution in [0.15, 0.2) is 29.8 Å². The summed E-state index contributed by atoms with van der Waals surface area (Å²) in [5.41, 5.74) is 1.70. The van der Waals surface area contributed by atoms with Crippen molar-refractivity contribution in [2.24, 2.45) is 0 Å². The number of rotatable bonds is 5. The van der Waals surface area contributed by atoms with Gasteiger partial charge >= 0.3 is 0 Å². The van der Waals surface area contributed by atoms with Crippen molar-refractivity contribution in [1.82, 2.24) is 15.3 Å². The van der Waals surface area contributed by atoms with Gasteiger partial charge in [0.1, 0.15) is 0 Å². The molecule has 0 aliphatic rings. The molecular formula is C15H19N3OS. The van der Waals surface area contributed by atoms with Crippen LogP contribution in [0, 0.1) is 0 Å². The number of carbonyl (C=O) groups excluding carboxylic acids is 1. The number of aromatic nitrogens is 2. The van der Waals surface area contributed by atoms with Crippen molar-refractivity contribution in [2.45, 2.75) is 39.2 Å². The normalized spacial score (nSPS) is 12.4. The van der Waals surface area contributed by atoms with Gasteiger partial charge in [0, 0.05) is 17.5 Å². The van der Waals surface area contributed by atoms with E-state index in [9.17, 15) is 4.79 Å². The molecule has 0 bridgehead atoms. The third-order valence-electron chi connectivity index (χ3n) is 2.91. The van der Waals surface area contributed by atoms with Crippen LogP contribution in [-0.4, -0.2) is 15.9 Å². The van der Waals surface area contributed by atoms with Gasteiger partial charge in [0.25, 0.3) is 0 Å². The van der Waals surface area contributed by atoms with Crippen LogP contribution < -0.4 is 5.32 Å². The molecule has 1 atom stereocenters. The summed E-state index contributed by atoms with van der Waals surface area (Å²) in [6.45, 7) is 6.14. The highest BCUT2D eigenvalue weighted by molar-refractivity contribution is 7.09. The lowest BCUT2D eigenvalue weighted by atomic mass is 10.2. The molecular weight excluding hydrogens is 270 g/mol. The minimum Gasteiger partial charge on any atom is -0.348 e. The summed E-state index contributed by atoms with van der Waals surface area (Å²) in [6, 6.07) is 5.60. The fourth-order valence-corrected chi connectivity index (χ4v) is 2.67. The summed E-state index contributed by atoms with van der Waals surface area (Å²) in [6.07, 6.45) is 2.05. The fourth-order valence-electron chi connectivity index (χ4n) is 1.83. The standard InChI is InChI=1S/C15H19N3OS/c1-10(2)15-18-12(9-20-15)8-14(19)17-11(3)13-6-4-5-7-16-13/h4-7,9-11H,8H2,1-3H3,(H,17,19)/t11-/m0/s1. The number of nitrogens with one attached hydrogen (secondary N) is 1. The second-order valence-electron chi connectivity index (χ2n) is 5.05. The summed E-state index contributed by atoms with van der Waals surface area (Å²) in [5.74, 6) is 0.382. The second-order valence-corrected chi connectivity index (χ2v) is 5.94. The molecule has 0 saturated heterocycles. The third kappa shape index (κ3) is 3.87. The minimum atomic E-state index is -0.0908. The molecule has 106 valence electrons. The van der Waals surface area contributed by atoms with Gasteiger partial charge in [0.15, 0.2) is 0 Å². The quantitative estimate of drug-likeness (QED) is 0.920. The molecule has 2 heterocycles. The van der Waals surface area contributed by atoms with E-state index in [4.69, 9.17) is 0 Å². The van der Waals surface area contributed by atoms with Crippen LogP contribution >= 0.6 is 11.3 Å². The van der Waals surface area contributed by atoms with E-state index in [1.54, 1.807) is 17.5 Å². The van der Waals surface area contributed by atoms with Crippen molar-refractivity contribution in [1.29, 1.82) is 0 Å².